The lowest BCUT2D eigenvalue weighted by molar-refractivity contribution is 0.0680. The molecule has 1 aromatic heterocycles. The predicted octanol–water partition coefficient (Wildman–Crippen LogP) is 2.45. The highest BCUT2D eigenvalue weighted by Crippen LogP contribution is 2.45. The molecule has 1 aliphatic rings. The van der Waals surface area contributed by atoms with E-state index < -0.39 is 5.97 Å². The van der Waals surface area contributed by atoms with Crippen molar-refractivity contribution in [1.29, 1.82) is 0 Å². The van der Waals surface area contributed by atoms with Crippen LogP contribution in [0.1, 0.15) is 62.0 Å². The fraction of sp³-hybridized carbons (Fsp3) is 0.727. The quantitative estimate of drug-likeness (QED) is 0.834. The summed E-state index contributed by atoms with van der Waals surface area (Å²) < 4.78 is 5.06. The van der Waals surface area contributed by atoms with Crippen LogP contribution in [0, 0.1) is 5.41 Å². The fourth-order valence-corrected chi connectivity index (χ4v) is 2.42. The van der Waals surface area contributed by atoms with Crippen LogP contribution in [0.5, 0.6) is 0 Å². The third-order valence-electron chi connectivity index (χ3n) is 3.44. The van der Waals surface area contributed by atoms with Gasteiger partial charge in [0.1, 0.15) is 0 Å². The summed E-state index contributed by atoms with van der Waals surface area (Å²) in [6, 6.07) is 0. The average Bonchev–Trinajstić information content (AvgIpc) is 2.65. The molecule has 0 spiro atoms. The Bertz CT molecular complexity index is 398. The first-order valence-electron chi connectivity index (χ1n) is 5.57. The highest BCUT2D eigenvalue weighted by molar-refractivity contribution is 5.82. The number of rotatable bonds is 2. The molecular weight excluding hydrogens is 208 g/mol. The van der Waals surface area contributed by atoms with E-state index in [2.05, 4.69) is 24.0 Å². The molecule has 1 unspecified atom stereocenters. The van der Waals surface area contributed by atoms with Gasteiger partial charge in [0.05, 0.1) is 0 Å². The van der Waals surface area contributed by atoms with Crippen molar-refractivity contribution in [3.05, 3.63) is 11.7 Å². The minimum absolute atomic E-state index is 0.112. The third kappa shape index (κ3) is 1.94. The van der Waals surface area contributed by atoms with E-state index in [1.54, 1.807) is 0 Å². The molecule has 5 heteroatoms. The number of hydrogen-bond acceptors (Lipinski definition) is 4. The molecule has 0 amide bonds. The zero-order valence-corrected chi connectivity index (χ0v) is 9.56. The Balaban J connectivity index is 2.25. The van der Waals surface area contributed by atoms with Crippen LogP contribution < -0.4 is 0 Å². The van der Waals surface area contributed by atoms with Gasteiger partial charge in [-0.05, 0) is 23.4 Å². The Hall–Kier alpha value is -1.39. The number of carbonyl (C=O) groups is 1. The molecule has 88 valence electrons. The molecule has 1 aromatic rings. The van der Waals surface area contributed by atoms with Gasteiger partial charge >= 0.3 is 5.97 Å². The van der Waals surface area contributed by atoms with Crippen LogP contribution >= 0.6 is 0 Å². The molecule has 1 N–H and O–H groups in total. The van der Waals surface area contributed by atoms with Crippen LogP contribution in [0.3, 0.4) is 0 Å². The lowest BCUT2D eigenvalue weighted by atomic mass is 9.69. The van der Waals surface area contributed by atoms with Gasteiger partial charge in [0.15, 0.2) is 0 Å². The van der Waals surface area contributed by atoms with E-state index in [1.807, 2.05) is 0 Å². The summed E-state index contributed by atoms with van der Waals surface area (Å²) >= 11 is 0. The molecule has 1 heterocycles. The zero-order valence-electron chi connectivity index (χ0n) is 9.56. The molecule has 1 saturated carbocycles. The minimum Gasteiger partial charge on any atom is -0.475 e. The molecule has 0 aliphatic heterocycles. The van der Waals surface area contributed by atoms with Gasteiger partial charge in [-0.15, -0.1) is 0 Å². The summed E-state index contributed by atoms with van der Waals surface area (Å²) in [5.74, 6) is -0.719. The van der Waals surface area contributed by atoms with E-state index in [0.29, 0.717) is 5.89 Å². The van der Waals surface area contributed by atoms with E-state index in [-0.39, 0.29) is 17.2 Å². The van der Waals surface area contributed by atoms with Gasteiger partial charge in [-0.1, -0.05) is 26.7 Å². The molecule has 0 saturated heterocycles. The van der Waals surface area contributed by atoms with Crippen molar-refractivity contribution < 1.29 is 14.4 Å². The Morgan fingerprint density at radius 1 is 1.50 bits per heavy atom. The Morgan fingerprint density at radius 2 is 2.25 bits per heavy atom. The van der Waals surface area contributed by atoms with Crippen LogP contribution in [0.4, 0.5) is 0 Å². The standard InChI is InChI=1S/C11H16N2O3/c1-11(2)6-4-3-5-7(11)9-12-8(10(14)15)13-16-9/h7H,3-6H2,1-2H3,(H,14,15). The van der Waals surface area contributed by atoms with Gasteiger partial charge in [-0.3, -0.25) is 0 Å². The maximum atomic E-state index is 10.7. The summed E-state index contributed by atoms with van der Waals surface area (Å²) in [5, 5.41) is 12.2. The average molecular weight is 224 g/mol. The number of aromatic carboxylic acids is 1. The molecule has 1 fully saturated rings. The van der Waals surface area contributed by atoms with Crippen molar-refractivity contribution in [2.24, 2.45) is 5.41 Å². The van der Waals surface area contributed by atoms with Crippen molar-refractivity contribution in [3.63, 3.8) is 0 Å². The zero-order chi connectivity index (χ0) is 11.8. The Labute approximate surface area is 93.9 Å². The summed E-state index contributed by atoms with van der Waals surface area (Å²) in [6.07, 6.45) is 4.46. The van der Waals surface area contributed by atoms with Gasteiger partial charge in [-0.2, -0.15) is 4.98 Å². The highest BCUT2D eigenvalue weighted by Gasteiger charge is 2.37. The predicted molar refractivity (Wildman–Crippen MR) is 56.2 cm³/mol. The number of aromatic nitrogens is 2. The second-order valence-corrected chi connectivity index (χ2v) is 5.05. The number of carboxylic acid groups (broad SMARTS) is 1. The van der Waals surface area contributed by atoms with Crippen LogP contribution in [-0.2, 0) is 0 Å². The molecule has 0 radical (unpaired) electrons. The fourth-order valence-electron chi connectivity index (χ4n) is 2.42. The summed E-state index contributed by atoms with van der Waals surface area (Å²) in [5.41, 5.74) is 0.112. The summed E-state index contributed by atoms with van der Waals surface area (Å²) in [6.45, 7) is 4.34. The summed E-state index contributed by atoms with van der Waals surface area (Å²) in [7, 11) is 0. The van der Waals surface area contributed by atoms with E-state index in [1.165, 1.54) is 6.42 Å². The van der Waals surface area contributed by atoms with Gasteiger partial charge in [0.25, 0.3) is 5.82 Å². The molecule has 5 nitrogen and oxygen atoms in total. The lowest BCUT2D eigenvalue weighted by Gasteiger charge is -2.36. The number of carboxylic acids is 1. The Morgan fingerprint density at radius 3 is 2.81 bits per heavy atom. The first-order valence-corrected chi connectivity index (χ1v) is 5.57. The SMILES string of the molecule is CC1(C)CCCCC1c1nc(C(=O)O)no1. The molecule has 1 atom stereocenters. The second-order valence-electron chi connectivity index (χ2n) is 5.05. The summed E-state index contributed by atoms with van der Waals surface area (Å²) in [4.78, 5) is 14.6. The maximum absolute atomic E-state index is 10.7. The molecule has 1 aliphatic carbocycles. The molecule has 16 heavy (non-hydrogen) atoms. The van der Waals surface area contributed by atoms with Gasteiger partial charge < -0.3 is 9.63 Å². The second kappa shape index (κ2) is 3.88. The molecular formula is C11H16N2O3. The van der Waals surface area contributed by atoms with Crippen LogP contribution in [-0.4, -0.2) is 21.2 Å². The van der Waals surface area contributed by atoms with Gasteiger partial charge in [0, 0.05) is 5.92 Å². The Kier molecular flexibility index (Phi) is 2.69. The van der Waals surface area contributed by atoms with E-state index in [0.717, 1.165) is 19.3 Å². The van der Waals surface area contributed by atoms with E-state index in [4.69, 9.17) is 9.63 Å². The largest absolute Gasteiger partial charge is 0.475 e. The minimum atomic E-state index is -1.14. The van der Waals surface area contributed by atoms with Gasteiger partial charge in [-0.25, -0.2) is 4.79 Å². The third-order valence-corrected chi connectivity index (χ3v) is 3.44. The smallest absolute Gasteiger partial charge is 0.377 e. The van der Waals surface area contributed by atoms with Crippen molar-refractivity contribution in [2.75, 3.05) is 0 Å². The molecule has 0 bridgehead atoms. The van der Waals surface area contributed by atoms with Crippen molar-refractivity contribution in [2.45, 2.75) is 45.4 Å². The molecule has 0 aromatic carbocycles. The lowest BCUT2D eigenvalue weighted by Crippen LogP contribution is -2.26. The van der Waals surface area contributed by atoms with E-state index >= 15 is 0 Å². The van der Waals surface area contributed by atoms with E-state index in [9.17, 15) is 4.79 Å². The number of hydrogen-bond donors (Lipinski definition) is 1. The normalized spacial score (nSPS) is 24.2. The van der Waals surface area contributed by atoms with Crippen molar-refractivity contribution in [1.82, 2.24) is 10.1 Å². The van der Waals surface area contributed by atoms with Crippen LogP contribution in [0.2, 0.25) is 0 Å². The topological polar surface area (TPSA) is 76.2 Å². The van der Waals surface area contributed by atoms with Crippen molar-refractivity contribution >= 4 is 5.97 Å². The first kappa shape index (κ1) is 11.1. The molecule has 2 rings (SSSR count). The van der Waals surface area contributed by atoms with Gasteiger partial charge in [0.2, 0.25) is 5.89 Å². The van der Waals surface area contributed by atoms with Crippen molar-refractivity contribution in [3.8, 4) is 0 Å². The highest BCUT2D eigenvalue weighted by atomic mass is 16.5. The van der Waals surface area contributed by atoms with Crippen LogP contribution in [0.15, 0.2) is 4.52 Å². The monoisotopic (exact) mass is 224 g/mol. The van der Waals surface area contributed by atoms with Crippen LogP contribution in [0.25, 0.3) is 0 Å². The maximum Gasteiger partial charge on any atom is 0.377 e. The number of nitrogens with zero attached hydrogens (tertiary/aromatic N) is 2. The first-order chi connectivity index (χ1) is 7.50.